The average molecular weight is 746 g/mol. The molecule has 5 rings (SSSR count). The van der Waals surface area contributed by atoms with Gasteiger partial charge in [-0.25, -0.2) is 14.8 Å². The van der Waals surface area contributed by atoms with Gasteiger partial charge in [0.05, 0.1) is 34.9 Å². The first-order valence-electron chi connectivity index (χ1n) is 16.7. The molecule has 3 aromatic carbocycles. The lowest BCUT2D eigenvalue weighted by molar-refractivity contribution is -0.00840. The fourth-order valence-corrected chi connectivity index (χ4v) is 6.74. The number of carbonyl (C=O) groups excluding carboxylic acids is 1. The molecule has 1 amide bonds. The Morgan fingerprint density at radius 3 is 2.33 bits per heavy atom. The number of anilines is 1. The zero-order valence-corrected chi connectivity index (χ0v) is 31.5. The number of pyridine rings is 1. The van der Waals surface area contributed by atoms with Crippen LogP contribution in [0.5, 0.6) is 5.75 Å². The largest absolute Gasteiger partial charge is 0.468 e. The molecule has 0 saturated carbocycles. The van der Waals surface area contributed by atoms with E-state index < -0.39 is 21.8 Å². The quantitative estimate of drug-likeness (QED) is 0.0552. The Morgan fingerprint density at radius 1 is 0.904 bits per heavy atom. The molecule has 13 heteroatoms. The number of ether oxygens (including phenoxy) is 4. The van der Waals surface area contributed by atoms with Crippen molar-refractivity contribution in [2.75, 3.05) is 45.2 Å². The van der Waals surface area contributed by atoms with Crippen LogP contribution in [0, 0.1) is 6.92 Å². The van der Waals surface area contributed by atoms with E-state index in [0.717, 1.165) is 43.2 Å². The molecule has 0 spiro atoms. The zero-order chi connectivity index (χ0) is 37.1. The smallest absolute Gasteiger partial charge is 0.416 e. The summed E-state index contributed by atoms with van der Waals surface area (Å²) >= 11 is 1.59. The minimum atomic E-state index is -3.92. The molecule has 2 heterocycles. The van der Waals surface area contributed by atoms with E-state index in [-0.39, 0.29) is 31.3 Å². The van der Waals surface area contributed by atoms with Crippen LogP contribution in [0.3, 0.4) is 0 Å². The summed E-state index contributed by atoms with van der Waals surface area (Å²) in [6.07, 6.45) is 5.23. The van der Waals surface area contributed by atoms with Gasteiger partial charge in [-0.2, -0.15) is 8.42 Å². The van der Waals surface area contributed by atoms with Crippen molar-refractivity contribution < 1.29 is 36.3 Å². The Kier molecular flexibility index (Phi) is 13.1. The molecule has 2 aromatic heterocycles. The summed E-state index contributed by atoms with van der Waals surface area (Å²) in [4.78, 5) is 23.9. The second kappa shape index (κ2) is 17.7. The molecule has 0 aliphatic rings. The number of rotatable bonds is 16. The standard InChI is InChI=1S/C39H43N3O8S2/c1-28-7-17-33(18-8-28)52(44,45)49-22-6-21-42(38(43)50-39(2,3)4)36-20-13-30(26-40-36)10-9-29-11-14-31(15-12-29)37-41-34-19-16-32(25-35(34)51-37)48-27-47-24-23-46-5/h7-20,25-26H,6,21-24,27H2,1-5H3/b10-9+. The zero-order valence-electron chi connectivity index (χ0n) is 29.9. The predicted octanol–water partition coefficient (Wildman–Crippen LogP) is 8.37. The summed E-state index contributed by atoms with van der Waals surface area (Å²) in [7, 11) is -2.30. The number of nitrogens with zero attached hydrogens (tertiary/aromatic N) is 3. The van der Waals surface area contributed by atoms with Crippen molar-refractivity contribution in [2.24, 2.45) is 0 Å². The fourth-order valence-electron chi connectivity index (χ4n) is 4.79. The third-order valence-electron chi connectivity index (χ3n) is 7.46. The molecule has 0 fully saturated rings. The highest BCUT2D eigenvalue weighted by Gasteiger charge is 2.24. The highest BCUT2D eigenvalue weighted by atomic mass is 32.2. The topological polar surface area (TPSA) is 126 Å². The van der Waals surface area contributed by atoms with Crippen molar-refractivity contribution >= 4 is 55.7 Å². The molecule has 0 unspecified atom stereocenters. The van der Waals surface area contributed by atoms with Gasteiger partial charge in [-0.05, 0) is 87.7 Å². The van der Waals surface area contributed by atoms with E-state index in [0.29, 0.717) is 19.0 Å². The Bertz CT molecular complexity index is 2060. The number of amides is 1. The van der Waals surface area contributed by atoms with Crippen LogP contribution >= 0.6 is 11.3 Å². The van der Waals surface area contributed by atoms with E-state index in [2.05, 4.69) is 4.98 Å². The molecule has 0 aliphatic heterocycles. The lowest BCUT2D eigenvalue weighted by Gasteiger charge is -2.26. The van der Waals surface area contributed by atoms with E-state index in [1.807, 2.05) is 67.6 Å². The molecule has 11 nitrogen and oxygen atoms in total. The summed E-state index contributed by atoms with van der Waals surface area (Å²) in [5.41, 5.74) is 3.95. The van der Waals surface area contributed by atoms with Crippen molar-refractivity contribution in [1.82, 2.24) is 9.97 Å². The molecule has 0 saturated heterocycles. The molecule has 0 bridgehead atoms. The molecular formula is C39H43N3O8S2. The van der Waals surface area contributed by atoms with E-state index in [9.17, 15) is 13.2 Å². The van der Waals surface area contributed by atoms with Gasteiger partial charge in [-0.3, -0.25) is 9.08 Å². The van der Waals surface area contributed by atoms with Crippen LogP contribution < -0.4 is 9.64 Å². The molecule has 274 valence electrons. The second-order valence-corrected chi connectivity index (χ2v) is 15.4. The maximum Gasteiger partial charge on any atom is 0.416 e. The van der Waals surface area contributed by atoms with Gasteiger partial charge in [0.25, 0.3) is 10.1 Å². The lowest BCUT2D eigenvalue weighted by atomic mass is 10.1. The predicted molar refractivity (Wildman–Crippen MR) is 204 cm³/mol. The highest BCUT2D eigenvalue weighted by Crippen LogP contribution is 2.32. The first kappa shape index (κ1) is 38.6. The summed E-state index contributed by atoms with van der Waals surface area (Å²) in [5, 5.41) is 0.910. The number of hydrogen-bond donors (Lipinski definition) is 0. The van der Waals surface area contributed by atoms with Crippen LogP contribution in [0.1, 0.15) is 43.9 Å². The Labute approximate surface area is 308 Å². The van der Waals surface area contributed by atoms with Crippen LogP contribution in [0.2, 0.25) is 0 Å². The maximum atomic E-state index is 13.1. The summed E-state index contributed by atoms with van der Waals surface area (Å²) in [6, 6.07) is 23.9. The van der Waals surface area contributed by atoms with Gasteiger partial charge in [-0.15, -0.1) is 11.3 Å². The summed E-state index contributed by atoms with van der Waals surface area (Å²) in [6.45, 7) is 8.38. The number of benzene rings is 3. The molecule has 0 aliphatic carbocycles. The van der Waals surface area contributed by atoms with Gasteiger partial charge in [0.2, 0.25) is 0 Å². The van der Waals surface area contributed by atoms with E-state index >= 15 is 0 Å². The van der Waals surface area contributed by atoms with Crippen molar-refractivity contribution in [3.63, 3.8) is 0 Å². The fraction of sp³-hybridized carbons (Fsp3) is 0.308. The Morgan fingerprint density at radius 2 is 1.63 bits per heavy atom. The Balaban J connectivity index is 1.19. The van der Waals surface area contributed by atoms with Gasteiger partial charge in [-0.1, -0.05) is 54.1 Å². The van der Waals surface area contributed by atoms with Crippen LogP contribution in [0.15, 0.2) is 90.0 Å². The van der Waals surface area contributed by atoms with E-state index in [1.165, 1.54) is 17.0 Å². The number of aromatic nitrogens is 2. The highest BCUT2D eigenvalue weighted by molar-refractivity contribution is 7.86. The molecular weight excluding hydrogens is 703 g/mol. The van der Waals surface area contributed by atoms with Crippen molar-refractivity contribution in [3.8, 4) is 16.3 Å². The molecule has 5 aromatic rings. The average Bonchev–Trinajstić information content (AvgIpc) is 3.54. The first-order chi connectivity index (χ1) is 24.9. The number of aryl methyl sites for hydroxylation is 1. The Hall–Kier alpha value is -4.66. The summed E-state index contributed by atoms with van der Waals surface area (Å²) < 4.78 is 53.1. The monoisotopic (exact) mass is 745 g/mol. The number of fused-ring (bicyclic) bond motifs is 1. The normalized spacial score (nSPS) is 12.0. The molecule has 52 heavy (non-hydrogen) atoms. The lowest BCUT2D eigenvalue weighted by Crippen LogP contribution is -2.38. The van der Waals surface area contributed by atoms with Crippen LogP contribution in [-0.4, -0.2) is 70.3 Å². The first-order valence-corrected chi connectivity index (χ1v) is 18.9. The molecule has 0 N–H and O–H groups in total. The third kappa shape index (κ3) is 11.2. The minimum Gasteiger partial charge on any atom is -0.468 e. The number of carbonyl (C=O) groups is 1. The summed E-state index contributed by atoms with van der Waals surface area (Å²) in [5.74, 6) is 1.10. The van der Waals surface area contributed by atoms with Crippen LogP contribution in [-0.2, 0) is 28.5 Å². The molecule has 0 atom stereocenters. The van der Waals surface area contributed by atoms with E-state index in [4.69, 9.17) is 28.1 Å². The van der Waals surface area contributed by atoms with E-state index in [1.54, 1.807) is 63.6 Å². The number of thiazole rings is 1. The maximum absolute atomic E-state index is 13.1. The van der Waals surface area contributed by atoms with Crippen molar-refractivity contribution in [2.45, 2.75) is 44.6 Å². The third-order valence-corrected chi connectivity index (χ3v) is 9.86. The van der Waals surface area contributed by atoms with Gasteiger partial charge in [0.1, 0.15) is 22.2 Å². The van der Waals surface area contributed by atoms with Crippen molar-refractivity contribution in [1.29, 1.82) is 0 Å². The minimum absolute atomic E-state index is 0.0817. The van der Waals surface area contributed by atoms with Gasteiger partial charge in [0, 0.05) is 25.4 Å². The molecule has 0 radical (unpaired) electrons. The van der Waals surface area contributed by atoms with Crippen LogP contribution in [0.4, 0.5) is 10.6 Å². The SMILES string of the molecule is COCCOCOc1ccc2nc(-c3ccc(/C=C/c4ccc(N(CCCOS(=O)(=O)c5ccc(C)cc5)C(=O)OC(C)(C)C)nc4)cc3)sc2c1. The van der Waals surface area contributed by atoms with Gasteiger partial charge < -0.3 is 18.9 Å². The number of methoxy groups -OCH3 is 1. The van der Waals surface area contributed by atoms with Gasteiger partial charge in [0.15, 0.2) is 6.79 Å². The van der Waals surface area contributed by atoms with Gasteiger partial charge >= 0.3 is 6.09 Å². The van der Waals surface area contributed by atoms with Crippen LogP contribution in [0.25, 0.3) is 32.9 Å². The van der Waals surface area contributed by atoms with Crippen molar-refractivity contribution in [3.05, 3.63) is 102 Å². The second-order valence-electron chi connectivity index (χ2n) is 12.8. The number of hydrogen-bond acceptors (Lipinski definition) is 11.